The molecule has 1 aromatic heterocycles. The first kappa shape index (κ1) is 20.8. The van der Waals surface area contributed by atoms with Crippen LogP contribution in [0.3, 0.4) is 0 Å². The van der Waals surface area contributed by atoms with E-state index in [9.17, 15) is 0 Å². The maximum atomic E-state index is 6.11. The molecule has 0 saturated carbocycles. The first-order valence-electron chi connectivity index (χ1n) is 9.67. The van der Waals surface area contributed by atoms with Gasteiger partial charge in [-0.1, -0.05) is 12.1 Å². The van der Waals surface area contributed by atoms with Crippen LogP contribution in [0.15, 0.2) is 41.3 Å². The van der Waals surface area contributed by atoms with Gasteiger partial charge in [-0.25, -0.2) is 0 Å². The Morgan fingerprint density at radius 3 is 1.97 bits per heavy atom. The van der Waals surface area contributed by atoms with Crippen LogP contribution in [0.4, 0.5) is 0 Å². The van der Waals surface area contributed by atoms with Crippen molar-refractivity contribution in [1.29, 1.82) is 0 Å². The average Bonchev–Trinajstić information content (AvgIpc) is 3.11. The maximum absolute atomic E-state index is 6.11. The topological polar surface area (TPSA) is 46.2 Å². The van der Waals surface area contributed by atoms with Crippen molar-refractivity contribution in [2.24, 2.45) is 0 Å². The Kier molecular flexibility index (Phi) is 6.01. The van der Waals surface area contributed by atoms with Crippen LogP contribution in [-0.2, 0) is 0 Å². The highest BCUT2D eigenvalue weighted by Gasteiger charge is 2.31. The summed E-state index contributed by atoms with van der Waals surface area (Å²) < 4.78 is 29.6. The van der Waals surface area contributed by atoms with Crippen LogP contribution >= 0.6 is 24.0 Å². The second-order valence-electron chi connectivity index (χ2n) is 6.97. The summed E-state index contributed by atoms with van der Waals surface area (Å²) in [5.41, 5.74) is 1.73. The van der Waals surface area contributed by atoms with Gasteiger partial charge in [-0.3, -0.25) is 0 Å². The van der Waals surface area contributed by atoms with E-state index >= 15 is 0 Å². The van der Waals surface area contributed by atoms with Crippen molar-refractivity contribution in [2.75, 3.05) is 27.4 Å². The van der Waals surface area contributed by atoms with Gasteiger partial charge in [0.05, 0.1) is 41.2 Å². The smallest absolute Gasteiger partial charge is 0.180 e. The van der Waals surface area contributed by atoms with Gasteiger partial charge in [0.15, 0.2) is 11.5 Å². The zero-order valence-corrected chi connectivity index (χ0v) is 19.1. The molecule has 2 heterocycles. The number of rotatable bonds is 6. The largest absolute Gasteiger partial charge is 0.496 e. The molecular formula is C23H24O5S2. The lowest BCUT2D eigenvalue weighted by Gasteiger charge is -2.20. The first-order chi connectivity index (χ1) is 14.5. The van der Waals surface area contributed by atoms with Crippen LogP contribution in [-0.4, -0.2) is 33.5 Å². The van der Waals surface area contributed by atoms with Crippen molar-refractivity contribution in [3.05, 3.63) is 36.4 Å². The lowest BCUT2D eigenvalue weighted by molar-refractivity contribution is 0.174. The summed E-state index contributed by atoms with van der Waals surface area (Å²) in [4.78, 5) is 2.60. The third kappa shape index (κ3) is 3.68. The fourth-order valence-corrected chi connectivity index (χ4v) is 5.15. The summed E-state index contributed by atoms with van der Waals surface area (Å²) in [5, 5.41) is 0. The lowest BCUT2D eigenvalue weighted by atomic mass is 10.1. The van der Waals surface area contributed by atoms with Crippen LogP contribution in [0.1, 0.15) is 13.8 Å². The molecule has 0 amide bonds. The van der Waals surface area contributed by atoms with E-state index in [1.54, 1.807) is 25.6 Å². The monoisotopic (exact) mass is 444 g/mol. The van der Waals surface area contributed by atoms with Crippen LogP contribution in [0.2, 0.25) is 0 Å². The summed E-state index contributed by atoms with van der Waals surface area (Å²) in [7, 11) is 3.31. The van der Waals surface area contributed by atoms with Gasteiger partial charge in [0.2, 0.25) is 0 Å². The second-order valence-corrected chi connectivity index (χ2v) is 8.47. The molecule has 1 aliphatic rings. The number of ether oxygens (including phenoxy) is 5. The van der Waals surface area contributed by atoms with Crippen LogP contribution in [0.5, 0.6) is 28.7 Å². The number of thiol groups is 1. The van der Waals surface area contributed by atoms with Crippen molar-refractivity contribution < 1.29 is 23.7 Å². The molecule has 0 fully saturated rings. The minimum Gasteiger partial charge on any atom is -0.496 e. The number of thiophene rings is 1. The van der Waals surface area contributed by atoms with Crippen molar-refractivity contribution >= 4 is 24.0 Å². The standard InChI is InChI=1S/C23H24O5S2/c1-13(2)28-16-9-5-7-14(24-3)18(16)22-20-21(27-12-11-26-20)23(30-22)19-15(25-4)8-6-10-17(19)29/h5-10,13,29H,11-12H2,1-4H3. The molecule has 0 radical (unpaired) electrons. The second kappa shape index (κ2) is 8.70. The van der Waals surface area contributed by atoms with Gasteiger partial charge in [-0.05, 0) is 38.1 Å². The van der Waals surface area contributed by atoms with Gasteiger partial charge in [0.25, 0.3) is 0 Å². The third-order valence-electron chi connectivity index (χ3n) is 4.65. The quantitative estimate of drug-likeness (QED) is 0.476. The average molecular weight is 445 g/mol. The maximum Gasteiger partial charge on any atom is 0.180 e. The Labute approximate surface area is 185 Å². The normalized spacial score (nSPS) is 12.7. The number of hydrogen-bond donors (Lipinski definition) is 1. The highest BCUT2D eigenvalue weighted by atomic mass is 32.1. The minimum absolute atomic E-state index is 0.0153. The van der Waals surface area contributed by atoms with Crippen molar-refractivity contribution in [1.82, 2.24) is 0 Å². The SMILES string of the molecule is COc1cccc(S)c1-c1sc(-c2c(OC)cccc2OC(C)C)c2c1OCCO2. The molecule has 3 aromatic rings. The molecule has 2 aromatic carbocycles. The summed E-state index contributed by atoms with van der Waals surface area (Å²) in [6.45, 7) is 4.96. The van der Waals surface area contributed by atoms with E-state index in [4.69, 9.17) is 23.7 Å². The summed E-state index contributed by atoms with van der Waals surface area (Å²) in [6.07, 6.45) is 0.0153. The van der Waals surface area contributed by atoms with E-state index < -0.39 is 0 Å². The molecule has 0 bridgehead atoms. The van der Waals surface area contributed by atoms with Crippen molar-refractivity contribution in [2.45, 2.75) is 24.8 Å². The molecule has 4 rings (SSSR count). The highest BCUT2D eigenvalue weighted by Crippen LogP contribution is 2.58. The molecule has 0 unspecified atom stereocenters. The Balaban J connectivity index is 1.99. The van der Waals surface area contributed by atoms with E-state index in [2.05, 4.69) is 12.6 Å². The van der Waals surface area contributed by atoms with E-state index in [1.165, 1.54) is 0 Å². The molecule has 30 heavy (non-hydrogen) atoms. The van der Waals surface area contributed by atoms with Gasteiger partial charge in [0.1, 0.15) is 30.5 Å². The van der Waals surface area contributed by atoms with Crippen molar-refractivity contribution in [3.8, 4) is 49.6 Å². The molecule has 0 N–H and O–H groups in total. The lowest BCUT2D eigenvalue weighted by Crippen LogP contribution is -2.15. The fraction of sp³-hybridized carbons (Fsp3) is 0.304. The molecule has 0 spiro atoms. The Bertz CT molecular complexity index is 1060. The molecular weight excluding hydrogens is 420 g/mol. The summed E-state index contributed by atoms with van der Waals surface area (Å²) in [5.74, 6) is 3.57. The Morgan fingerprint density at radius 2 is 1.37 bits per heavy atom. The molecule has 5 nitrogen and oxygen atoms in total. The van der Waals surface area contributed by atoms with E-state index in [0.29, 0.717) is 30.5 Å². The van der Waals surface area contributed by atoms with Crippen LogP contribution < -0.4 is 23.7 Å². The first-order valence-corrected chi connectivity index (χ1v) is 10.9. The summed E-state index contributed by atoms with van der Waals surface area (Å²) in [6, 6.07) is 11.6. The molecule has 0 atom stereocenters. The van der Waals surface area contributed by atoms with E-state index in [-0.39, 0.29) is 6.10 Å². The molecule has 158 valence electrons. The van der Waals surface area contributed by atoms with Crippen molar-refractivity contribution in [3.63, 3.8) is 0 Å². The predicted octanol–water partition coefficient (Wildman–Crippen LogP) is 5.95. The number of hydrogen-bond acceptors (Lipinski definition) is 7. The molecule has 0 saturated heterocycles. The van der Waals surface area contributed by atoms with E-state index in [0.717, 1.165) is 37.3 Å². The fourth-order valence-electron chi connectivity index (χ4n) is 3.45. The molecule has 0 aliphatic carbocycles. The van der Waals surface area contributed by atoms with Crippen LogP contribution in [0.25, 0.3) is 20.9 Å². The van der Waals surface area contributed by atoms with Gasteiger partial charge in [-0.15, -0.1) is 24.0 Å². The zero-order valence-electron chi connectivity index (χ0n) is 17.4. The summed E-state index contributed by atoms with van der Waals surface area (Å²) >= 11 is 6.24. The number of methoxy groups -OCH3 is 2. The highest BCUT2D eigenvalue weighted by molar-refractivity contribution is 7.80. The van der Waals surface area contributed by atoms with Gasteiger partial charge in [-0.2, -0.15) is 0 Å². The molecule has 7 heteroatoms. The van der Waals surface area contributed by atoms with E-state index in [1.807, 2.05) is 50.2 Å². The van der Waals surface area contributed by atoms with Gasteiger partial charge < -0.3 is 23.7 Å². The third-order valence-corrected chi connectivity index (χ3v) is 6.21. The Hall–Kier alpha value is -2.51. The number of benzene rings is 2. The number of fused-ring (bicyclic) bond motifs is 1. The Morgan fingerprint density at radius 1 is 0.833 bits per heavy atom. The molecule has 1 aliphatic heterocycles. The van der Waals surface area contributed by atoms with Crippen LogP contribution in [0, 0.1) is 0 Å². The predicted molar refractivity (Wildman–Crippen MR) is 122 cm³/mol. The van der Waals surface area contributed by atoms with Gasteiger partial charge in [0, 0.05) is 4.90 Å². The van der Waals surface area contributed by atoms with Gasteiger partial charge >= 0.3 is 0 Å². The zero-order chi connectivity index (χ0) is 21.3. The minimum atomic E-state index is 0.0153.